The molecule has 2 heterocycles. The lowest BCUT2D eigenvalue weighted by molar-refractivity contribution is -0.117. The Balaban J connectivity index is 1.46. The van der Waals surface area contributed by atoms with Gasteiger partial charge < -0.3 is 9.73 Å². The Morgan fingerprint density at radius 1 is 1.36 bits per heavy atom. The fourth-order valence-corrected chi connectivity index (χ4v) is 5.21. The Hall–Kier alpha value is -2.62. The minimum atomic E-state index is -0.0928. The first-order valence-corrected chi connectivity index (χ1v) is 10.4. The third-order valence-corrected chi connectivity index (χ3v) is 6.44. The number of carbonyl (C=O) groups excluding carboxylic acids is 1. The first-order chi connectivity index (χ1) is 13.6. The number of thiophene rings is 1. The van der Waals surface area contributed by atoms with Crippen LogP contribution in [0.15, 0.2) is 28.7 Å². The van der Waals surface area contributed by atoms with E-state index in [0.29, 0.717) is 17.1 Å². The molecule has 3 aromatic rings. The third kappa shape index (κ3) is 3.44. The van der Waals surface area contributed by atoms with Gasteiger partial charge in [0.15, 0.2) is 0 Å². The number of hydrogen-bond acceptors (Lipinski definition) is 5. The van der Waals surface area contributed by atoms with Crippen molar-refractivity contribution in [2.45, 2.75) is 39.2 Å². The van der Waals surface area contributed by atoms with Gasteiger partial charge in [-0.15, -0.1) is 11.3 Å². The number of carbonyl (C=O) groups is 1. The molecular weight excluding hydrogens is 370 g/mol. The van der Waals surface area contributed by atoms with Crippen molar-refractivity contribution in [2.75, 3.05) is 18.9 Å². The Bertz CT molecular complexity index is 1070. The van der Waals surface area contributed by atoms with Gasteiger partial charge >= 0.3 is 0 Å². The minimum Gasteiger partial charge on any atom is -0.461 e. The highest BCUT2D eigenvalue weighted by atomic mass is 32.1. The molecule has 1 amide bonds. The van der Waals surface area contributed by atoms with E-state index >= 15 is 0 Å². The van der Waals surface area contributed by atoms with Crippen LogP contribution in [0.1, 0.15) is 40.7 Å². The molecule has 2 aromatic heterocycles. The van der Waals surface area contributed by atoms with Crippen molar-refractivity contribution >= 4 is 33.2 Å². The lowest BCUT2D eigenvalue weighted by atomic mass is 10.1. The van der Waals surface area contributed by atoms with Gasteiger partial charge in [0.25, 0.3) is 0 Å². The number of nitrogens with zero attached hydrogens (tertiary/aromatic N) is 2. The quantitative estimate of drug-likeness (QED) is 0.670. The summed E-state index contributed by atoms with van der Waals surface area (Å²) < 4.78 is 5.95. The van der Waals surface area contributed by atoms with Gasteiger partial charge in [-0.25, -0.2) is 0 Å². The Morgan fingerprint density at radius 3 is 2.96 bits per heavy atom. The van der Waals surface area contributed by atoms with Crippen LogP contribution in [0.5, 0.6) is 0 Å². The van der Waals surface area contributed by atoms with Gasteiger partial charge in [-0.3, -0.25) is 9.69 Å². The highest BCUT2D eigenvalue weighted by molar-refractivity contribution is 7.16. The predicted molar refractivity (Wildman–Crippen MR) is 112 cm³/mol. The number of nitrogens with one attached hydrogen (secondary N) is 1. The zero-order valence-electron chi connectivity index (χ0n) is 16.2. The Kier molecular flexibility index (Phi) is 5.21. The van der Waals surface area contributed by atoms with Crippen LogP contribution in [-0.4, -0.2) is 24.4 Å². The van der Waals surface area contributed by atoms with E-state index in [4.69, 9.17) is 4.42 Å². The van der Waals surface area contributed by atoms with Gasteiger partial charge in [0.1, 0.15) is 22.4 Å². The van der Waals surface area contributed by atoms with E-state index in [-0.39, 0.29) is 12.5 Å². The lowest BCUT2D eigenvalue weighted by Gasteiger charge is -2.16. The number of rotatable bonds is 6. The Labute approximate surface area is 168 Å². The van der Waals surface area contributed by atoms with E-state index in [1.807, 2.05) is 30.1 Å². The standard InChI is InChI=1S/C22H23N3O2S/c1-3-18-17(14-7-4-5-9-19(14)27-18)12-25(2)13-21(26)24-22-16(11-23)15-8-6-10-20(15)28-22/h4-5,7,9H,3,6,8,10,12-13H2,1-2H3,(H,24,26). The van der Waals surface area contributed by atoms with Gasteiger partial charge in [-0.1, -0.05) is 25.1 Å². The zero-order chi connectivity index (χ0) is 19.7. The minimum absolute atomic E-state index is 0.0928. The summed E-state index contributed by atoms with van der Waals surface area (Å²) in [7, 11) is 1.93. The van der Waals surface area contributed by atoms with E-state index < -0.39 is 0 Å². The molecule has 0 radical (unpaired) electrons. The van der Waals surface area contributed by atoms with Crippen molar-refractivity contribution in [1.82, 2.24) is 4.90 Å². The van der Waals surface area contributed by atoms with Crippen LogP contribution < -0.4 is 5.32 Å². The normalized spacial score (nSPS) is 13.1. The van der Waals surface area contributed by atoms with Crippen molar-refractivity contribution < 1.29 is 9.21 Å². The second-order valence-electron chi connectivity index (χ2n) is 7.25. The molecule has 4 rings (SSSR count). The number of para-hydroxylation sites is 1. The van der Waals surface area contributed by atoms with Crippen LogP contribution in [0.25, 0.3) is 11.0 Å². The first kappa shape index (κ1) is 18.7. The summed E-state index contributed by atoms with van der Waals surface area (Å²) in [6.45, 7) is 2.98. The molecule has 1 aromatic carbocycles. The molecule has 0 saturated heterocycles. The van der Waals surface area contributed by atoms with Crippen molar-refractivity contribution in [3.63, 3.8) is 0 Å². The topological polar surface area (TPSA) is 69.3 Å². The highest BCUT2D eigenvalue weighted by Gasteiger charge is 2.23. The number of aryl methyl sites for hydroxylation is 2. The average molecular weight is 394 g/mol. The second-order valence-corrected chi connectivity index (χ2v) is 8.35. The maximum atomic E-state index is 12.6. The second kappa shape index (κ2) is 7.78. The van der Waals surface area contributed by atoms with E-state index in [9.17, 15) is 10.1 Å². The number of benzene rings is 1. The molecule has 28 heavy (non-hydrogen) atoms. The van der Waals surface area contributed by atoms with Gasteiger partial charge in [0.05, 0.1) is 12.1 Å². The van der Waals surface area contributed by atoms with Crippen molar-refractivity contribution in [3.8, 4) is 6.07 Å². The molecule has 0 fully saturated rings. The van der Waals surface area contributed by atoms with Crippen molar-refractivity contribution in [3.05, 3.63) is 51.6 Å². The molecule has 1 aliphatic rings. The molecule has 5 nitrogen and oxygen atoms in total. The summed E-state index contributed by atoms with van der Waals surface area (Å²) in [5, 5.41) is 14.2. The summed E-state index contributed by atoms with van der Waals surface area (Å²) in [5.41, 5.74) is 3.82. The van der Waals surface area contributed by atoms with Crippen molar-refractivity contribution in [2.24, 2.45) is 0 Å². The Morgan fingerprint density at radius 2 is 2.18 bits per heavy atom. The van der Waals surface area contributed by atoms with Crippen molar-refractivity contribution in [1.29, 1.82) is 5.26 Å². The summed E-state index contributed by atoms with van der Waals surface area (Å²) >= 11 is 1.55. The maximum absolute atomic E-state index is 12.6. The summed E-state index contributed by atoms with van der Waals surface area (Å²) in [5.74, 6) is 0.875. The smallest absolute Gasteiger partial charge is 0.239 e. The fraction of sp³-hybridized carbons (Fsp3) is 0.364. The highest BCUT2D eigenvalue weighted by Crippen LogP contribution is 2.38. The molecular formula is C22H23N3O2S. The number of fused-ring (bicyclic) bond motifs is 2. The first-order valence-electron chi connectivity index (χ1n) is 9.63. The number of furan rings is 1. The molecule has 0 aliphatic heterocycles. The van der Waals surface area contributed by atoms with Crippen LogP contribution in [0.4, 0.5) is 5.00 Å². The molecule has 1 N–H and O–H groups in total. The van der Waals surface area contributed by atoms with Crippen LogP contribution in [-0.2, 0) is 30.6 Å². The summed E-state index contributed by atoms with van der Waals surface area (Å²) in [6.07, 6.45) is 3.87. The molecule has 0 bridgehead atoms. The third-order valence-electron chi connectivity index (χ3n) is 5.23. The van der Waals surface area contributed by atoms with Crippen LogP contribution in [0.3, 0.4) is 0 Å². The van der Waals surface area contributed by atoms with Gasteiger partial charge in [-0.2, -0.15) is 5.26 Å². The number of hydrogen-bond donors (Lipinski definition) is 1. The SMILES string of the molecule is CCc1oc2ccccc2c1CN(C)CC(=O)Nc1sc2c(c1C#N)CCC2. The van der Waals surface area contributed by atoms with E-state index in [1.165, 1.54) is 4.88 Å². The molecule has 0 spiro atoms. The summed E-state index contributed by atoms with van der Waals surface area (Å²) in [6, 6.07) is 10.3. The number of amides is 1. The molecule has 6 heteroatoms. The van der Waals surface area contributed by atoms with Gasteiger partial charge in [0, 0.05) is 28.8 Å². The lowest BCUT2D eigenvalue weighted by Crippen LogP contribution is -2.30. The monoisotopic (exact) mass is 393 g/mol. The van der Waals surface area contributed by atoms with Gasteiger partial charge in [0.2, 0.25) is 5.91 Å². The zero-order valence-corrected chi connectivity index (χ0v) is 17.0. The van der Waals surface area contributed by atoms with Crippen LogP contribution in [0.2, 0.25) is 0 Å². The molecule has 0 unspecified atom stereocenters. The van der Waals surface area contributed by atoms with Crippen LogP contribution in [0, 0.1) is 11.3 Å². The predicted octanol–water partition coefficient (Wildman–Crippen LogP) is 4.49. The number of likely N-dealkylation sites (N-methyl/N-ethyl adjacent to an activating group) is 1. The largest absolute Gasteiger partial charge is 0.461 e. The molecule has 0 atom stereocenters. The van der Waals surface area contributed by atoms with Gasteiger partial charge in [-0.05, 0) is 37.9 Å². The molecule has 0 saturated carbocycles. The number of nitriles is 1. The van der Waals surface area contributed by atoms with E-state index in [0.717, 1.165) is 53.5 Å². The fourth-order valence-electron chi connectivity index (χ4n) is 3.96. The average Bonchev–Trinajstić information content (AvgIpc) is 3.34. The van der Waals surface area contributed by atoms with E-state index in [2.05, 4.69) is 24.4 Å². The van der Waals surface area contributed by atoms with E-state index in [1.54, 1.807) is 11.3 Å². The maximum Gasteiger partial charge on any atom is 0.239 e. The molecule has 1 aliphatic carbocycles. The summed E-state index contributed by atoms with van der Waals surface area (Å²) in [4.78, 5) is 15.8. The van der Waals surface area contributed by atoms with Crippen LogP contribution >= 0.6 is 11.3 Å². The molecule has 144 valence electrons. The number of anilines is 1.